The molecule has 0 saturated heterocycles. The van der Waals surface area contributed by atoms with Crippen molar-refractivity contribution >= 4 is 11.6 Å². The van der Waals surface area contributed by atoms with Crippen LogP contribution in [-0.4, -0.2) is 26.4 Å². The Morgan fingerprint density at radius 3 is 2.21 bits per heavy atom. The van der Waals surface area contributed by atoms with Gasteiger partial charge in [-0.2, -0.15) is 0 Å². The highest BCUT2D eigenvalue weighted by Gasteiger charge is 2.38. The molecule has 0 radical (unpaired) electrons. The highest BCUT2D eigenvalue weighted by Crippen LogP contribution is 2.33. The first kappa shape index (κ1) is 17.9. The molecule has 2 heterocycles. The van der Waals surface area contributed by atoms with Crippen LogP contribution in [0, 0.1) is 0 Å². The van der Waals surface area contributed by atoms with Gasteiger partial charge in [0.2, 0.25) is 0 Å². The lowest BCUT2D eigenvalue weighted by molar-refractivity contribution is 0.0404. The number of pyridine rings is 1. The lowest BCUT2D eigenvalue weighted by Gasteiger charge is -2.35. The lowest BCUT2D eigenvalue weighted by atomic mass is 9.80. The van der Waals surface area contributed by atoms with Crippen LogP contribution in [0.2, 0.25) is 0 Å². The van der Waals surface area contributed by atoms with E-state index in [0.29, 0.717) is 5.56 Å². The monoisotopic (exact) mass is 371 g/mol. The third-order valence-corrected chi connectivity index (χ3v) is 5.05. The number of nitrogens with one attached hydrogen (secondary N) is 1. The van der Waals surface area contributed by atoms with E-state index in [1.807, 2.05) is 67.6 Å². The first-order chi connectivity index (χ1) is 13.6. The molecule has 2 aromatic heterocycles. The molecule has 5 nitrogen and oxygen atoms in total. The minimum Gasteiger partial charge on any atom is -0.378 e. The van der Waals surface area contributed by atoms with E-state index in [-0.39, 0.29) is 5.91 Å². The second-order valence-electron chi connectivity index (χ2n) is 6.80. The molecule has 140 valence electrons. The van der Waals surface area contributed by atoms with Crippen molar-refractivity contribution in [3.05, 3.63) is 108 Å². The molecule has 0 saturated carbocycles. The molecule has 28 heavy (non-hydrogen) atoms. The van der Waals surface area contributed by atoms with Crippen molar-refractivity contribution < 1.29 is 9.90 Å². The van der Waals surface area contributed by atoms with E-state index in [4.69, 9.17) is 0 Å². The van der Waals surface area contributed by atoms with Crippen LogP contribution in [0.25, 0.3) is 5.65 Å². The molecular weight excluding hydrogens is 350 g/mol. The molecule has 1 amide bonds. The van der Waals surface area contributed by atoms with Gasteiger partial charge in [-0.3, -0.25) is 4.79 Å². The number of carbonyl (C=O) groups excluding carboxylic acids is 1. The van der Waals surface area contributed by atoms with E-state index < -0.39 is 11.6 Å². The summed E-state index contributed by atoms with van der Waals surface area (Å²) in [6.07, 6.45) is 5.21. The van der Waals surface area contributed by atoms with E-state index in [0.717, 1.165) is 16.8 Å². The quantitative estimate of drug-likeness (QED) is 0.565. The molecule has 1 atom stereocenters. The van der Waals surface area contributed by atoms with E-state index in [1.165, 1.54) is 0 Å². The zero-order valence-electron chi connectivity index (χ0n) is 15.5. The Morgan fingerprint density at radius 2 is 1.61 bits per heavy atom. The molecule has 5 heteroatoms. The van der Waals surface area contributed by atoms with Gasteiger partial charge in [0.05, 0.1) is 11.6 Å². The van der Waals surface area contributed by atoms with Crippen molar-refractivity contribution in [1.82, 2.24) is 14.7 Å². The molecule has 0 aliphatic heterocycles. The van der Waals surface area contributed by atoms with E-state index in [1.54, 1.807) is 35.1 Å². The third kappa shape index (κ3) is 3.17. The topological polar surface area (TPSA) is 66.6 Å². The van der Waals surface area contributed by atoms with Crippen LogP contribution in [0.15, 0.2) is 91.4 Å². The lowest BCUT2D eigenvalue weighted by Crippen LogP contribution is -2.49. The molecule has 0 bridgehead atoms. The molecule has 0 spiro atoms. The summed E-state index contributed by atoms with van der Waals surface area (Å²) in [5.41, 5.74) is 1.35. The highest BCUT2D eigenvalue weighted by atomic mass is 16.3. The van der Waals surface area contributed by atoms with Gasteiger partial charge in [-0.05, 0) is 30.2 Å². The van der Waals surface area contributed by atoms with Crippen LogP contribution >= 0.6 is 0 Å². The number of nitrogens with zero attached hydrogens (tertiary/aromatic N) is 2. The fraction of sp³-hybridized carbons (Fsp3) is 0.130. The van der Waals surface area contributed by atoms with Gasteiger partial charge in [-0.25, -0.2) is 4.98 Å². The summed E-state index contributed by atoms with van der Waals surface area (Å²) in [5.74, 6) is -0.256. The van der Waals surface area contributed by atoms with Gasteiger partial charge in [-0.1, -0.05) is 60.7 Å². The predicted molar refractivity (Wildman–Crippen MR) is 108 cm³/mol. The van der Waals surface area contributed by atoms with E-state index in [2.05, 4.69) is 10.3 Å². The van der Waals surface area contributed by atoms with Crippen LogP contribution in [0.4, 0.5) is 0 Å². The number of aliphatic hydroxyl groups is 1. The molecule has 0 aliphatic carbocycles. The largest absolute Gasteiger partial charge is 0.378 e. The molecule has 4 rings (SSSR count). The van der Waals surface area contributed by atoms with Gasteiger partial charge in [0.25, 0.3) is 5.91 Å². The number of hydrogen-bond donors (Lipinski definition) is 2. The smallest absolute Gasteiger partial charge is 0.253 e. The second-order valence-corrected chi connectivity index (χ2v) is 6.80. The maximum atomic E-state index is 12.9. The van der Waals surface area contributed by atoms with Crippen LogP contribution < -0.4 is 5.32 Å². The summed E-state index contributed by atoms with van der Waals surface area (Å²) in [4.78, 5) is 17.1. The van der Waals surface area contributed by atoms with Crippen molar-refractivity contribution in [1.29, 1.82) is 0 Å². The number of imidazole rings is 1. The van der Waals surface area contributed by atoms with Crippen LogP contribution in [0.1, 0.15) is 28.4 Å². The number of aromatic nitrogens is 2. The number of benzene rings is 2. The minimum atomic E-state index is -1.36. The van der Waals surface area contributed by atoms with Gasteiger partial charge >= 0.3 is 0 Å². The van der Waals surface area contributed by atoms with Crippen LogP contribution in [-0.2, 0) is 5.60 Å². The first-order valence-electron chi connectivity index (χ1n) is 9.16. The molecule has 2 N–H and O–H groups in total. The van der Waals surface area contributed by atoms with Crippen molar-refractivity contribution in [3.63, 3.8) is 0 Å². The fourth-order valence-corrected chi connectivity index (χ4v) is 3.49. The Kier molecular flexibility index (Phi) is 4.67. The molecule has 4 aromatic rings. The standard InChI is InChI=1S/C23H21N3O2/c1-17(25-22(27)18-12-13-21-24-14-15-26(21)16-18)23(28,19-8-4-2-5-9-19)20-10-6-3-7-11-20/h2-17,28H,1H3,(H,25,27)/t17-/m1/s1. The number of fused-ring (bicyclic) bond motifs is 1. The normalized spacial score (nSPS) is 12.6. The Balaban J connectivity index is 1.67. The van der Waals surface area contributed by atoms with Gasteiger partial charge in [0, 0.05) is 18.6 Å². The third-order valence-electron chi connectivity index (χ3n) is 5.05. The first-order valence-corrected chi connectivity index (χ1v) is 9.16. The Labute approximate surface area is 163 Å². The van der Waals surface area contributed by atoms with Crippen molar-refractivity contribution in [2.45, 2.75) is 18.6 Å². The van der Waals surface area contributed by atoms with Crippen molar-refractivity contribution in [3.8, 4) is 0 Å². The van der Waals surface area contributed by atoms with Crippen LogP contribution in [0.3, 0.4) is 0 Å². The molecule has 0 unspecified atom stereocenters. The minimum absolute atomic E-state index is 0.256. The van der Waals surface area contributed by atoms with E-state index in [9.17, 15) is 9.90 Å². The molecule has 0 aliphatic rings. The molecule has 0 fully saturated rings. The Morgan fingerprint density at radius 1 is 1.00 bits per heavy atom. The van der Waals surface area contributed by atoms with Crippen LogP contribution in [0.5, 0.6) is 0 Å². The average molecular weight is 371 g/mol. The summed E-state index contributed by atoms with van der Waals surface area (Å²) in [6.45, 7) is 1.81. The number of carbonyl (C=O) groups is 1. The maximum Gasteiger partial charge on any atom is 0.253 e. The number of rotatable bonds is 5. The summed E-state index contributed by atoms with van der Waals surface area (Å²) in [7, 11) is 0. The fourth-order valence-electron chi connectivity index (χ4n) is 3.49. The number of hydrogen-bond acceptors (Lipinski definition) is 3. The zero-order valence-corrected chi connectivity index (χ0v) is 15.5. The Hall–Kier alpha value is -3.44. The molecular formula is C23H21N3O2. The highest BCUT2D eigenvalue weighted by molar-refractivity contribution is 5.94. The number of amides is 1. The van der Waals surface area contributed by atoms with Gasteiger partial charge in [-0.15, -0.1) is 0 Å². The van der Waals surface area contributed by atoms with Crippen molar-refractivity contribution in [2.24, 2.45) is 0 Å². The Bertz CT molecular complexity index is 1050. The summed E-state index contributed by atoms with van der Waals surface area (Å²) in [5, 5.41) is 14.7. The molecule has 2 aromatic carbocycles. The predicted octanol–water partition coefficient (Wildman–Crippen LogP) is 3.39. The summed E-state index contributed by atoms with van der Waals surface area (Å²) >= 11 is 0. The van der Waals surface area contributed by atoms with Gasteiger partial charge in [0.1, 0.15) is 11.2 Å². The zero-order chi connectivity index (χ0) is 19.6. The average Bonchev–Trinajstić information content (AvgIpc) is 3.22. The summed E-state index contributed by atoms with van der Waals surface area (Å²) in [6, 6.07) is 21.8. The van der Waals surface area contributed by atoms with Crippen molar-refractivity contribution in [2.75, 3.05) is 0 Å². The maximum absolute atomic E-state index is 12.9. The van der Waals surface area contributed by atoms with Gasteiger partial charge in [0.15, 0.2) is 0 Å². The second kappa shape index (κ2) is 7.29. The van der Waals surface area contributed by atoms with Gasteiger partial charge < -0.3 is 14.8 Å². The summed E-state index contributed by atoms with van der Waals surface area (Å²) < 4.78 is 1.79. The SMILES string of the molecule is C[C@@H](NC(=O)c1ccc2nccn2c1)C(O)(c1ccccc1)c1ccccc1. The van der Waals surface area contributed by atoms with E-state index >= 15 is 0 Å².